The zero-order valence-corrected chi connectivity index (χ0v) is 20.6. The van der Waals surface area contributed by atoms with Crippen molar-refractivity contribution in [3.8, 4) is 0 Å². The molecular weight excluding hydrogens is 419 g/mol. The summed E-state index contributed by atoms with van der Waals surface area (Å²) >= 11 is 0. The van der Waals surface area contributed by atoms with Gasteiger partial charge in [-0.2, -0.15) is 5.10 Å². The van der Waals surface area contributed by atoms with Crippen molar-refractivity contribution in [2.45, 2.75) is 77.7 Å². The number of ether oxygens (including phenoxy) is 1. The van der Waals surface area contributed by atoms with Crippen LogP contribution in [-0.2, 0) is 14.0 Å². The lowest BCUT2D eigenvalue weighted by Crippen LogP contribution is -2.56. The Morgan fingerprint density at radius 1 is 1.18 bits per heavy atom. The Morgan fingerprint density at radius 2 is 1.82 bits per heavy atom. The van der Waals surface area contributed by atoms with Crippen molar-refractivity contribution < 1.29 is 18.8 Å². The second-order valence-electron chi connectivity index (χ2n) is 11.1. The number of rotatable bonds is 4. The molecule has 0 radical (unpaired) electrons. The molecule has 0 spiro atoms. The Morgan fingerprint density at radius 3 is 2.42 bits per heavy atom. The summed E-state index contributed by atoms with van der Waals surface area (Å²) in [5, 5.41) is 4.53. The van der Waals surface area contributed by atoms with Gasteiger partial charge in [-0.25, -0.2) is 9.31 Å². The first-order chi connectivity index (χ1) is 15.6. The van der Waals surface area contributed by atoms with Gasteiger partial charge in [0.05, 0.1) is 41.1 Å². The van der Waals surface area contributed by atoms with Crippen molar-refractivity contribution in [3.05, 3.63) is 24.5 Å². The maximum Gasteiger partial charge on any atom is 0.496 e. The fourth-order valence-corrected chi connectivity index (χ4v) is 5.11. The van der Waals surface area contributed by atoms with Crippen molar-refractivity contribution in [1.29, 1.82) is 0 Å². The van der Waals surface area contributed by atoms with Crippen LogP contribution in [0.5, 0.6) is 0 Å². The molecule has 8 nitrogen and oxygen atoms in total. The molecule has 5 heterocycles. The van der Waals surface area contributed by atoms with Gasteiger partial charge in [0.15, 0.2) is 0 Å². The van der Waals surface area contributed by atoms with Crippen LogP contribution < -0.4 is 10.4 Å². The SMILES string of the molecule is CC(C)COC(=O)N1C2CCC1CN(c1ccnn3cc(B4OC(C)(C)C(C)(C)O4)cc13)C2. The molecule has 0 aliphatic carbocycles. The molecule has 2 aromatic rings. The van der Waals surface area contributed by atoms with Gasteiger partial charge < -0.3 is 18.9 Å². The topological polar surface area (TPSA) is 68.5 Å². The van der Waals surface area contributed by atoms with E-state index in [0.29, 0.717) is 12.5 Å². The molecule has 0 aromatic carbocycles. The van der Waals surface area contributed by atoms with Gasteiger partial charge in [-0.05, 0) is 58.6 Å². The second-order valence-corrected chi connectivity index (χ2v) is 11.1. The van der Waals surface area contributed by atoms with Gasteiger partial charge in [-0.3, -0.25) is 4.90 Å². The lowest BCUT2D eigenvalue weighted by Gasteiger charge is -2.41. The van der Waals surface area contributed by atoms with Crippen molar-refractivity contribution >= 4 is 29.9 Å². The third-order valence-electron chi connectivity index (χ3n) is 7.61. The largest absolute Gasteiger partial charge is 0.496 e. The lowest BCUT2D eigenvalue weighted by atomic mass is 9.81. The number of amides is 1. The number of hydrogen-bond donors (Lipinski definition) is 0. The number of anilines is 1. The lowest BCUT2D eigenvalue weighted by molar-refractivity contribution is 0.00578. The number of nitrogens with zero attached hydrogens (tertiary/aromatic N) is 4. The third kappa shape index (κ3) is 3.89. The number of aromatic nitrogens is 2. The molecule has 3 fully saturated rings. The standard InChI is InChI=1S/C24H35BN4O4/c1-16(2)15-31-22(30)29-18-7-8-19(29)14-27(13-18)20-9-10-26-28-12-17(11-21(20)28)25-32-23(3,4)24(5,6)33-25/h9-12,16,18-19H,7-8,13-15H2,1-6H3. The Hall–Kier alpha value is -2.26. The summed E-state index contributed by atoms with van der Waals surface area (Å²) in [7, 11) is -0.423. The van der Waals surface area contributed by atoms with Crippen molar-refractivity contribution in [2.75, 3.05) is 24.6 Å². The van der Waals surface area contributed by atoms with Crippen molar-refractivity contribution in [3.63, 3.8) is 0 Å². The van der Waals surface area contributed by atoms with E-state index in [1.165, 1.54) is 0 Å². The average molecular weight is 454 g/mol. The molecule has 0 N–H and O–H groups in total. The molecule has 9 heteroatoms. The second kappa shape index (κ2) is 7.91. The minimum absolute atomic E-state index is 0.165. The Balaban J connectivity index is 1.37. The Bertz CT molecular complexity index is 1020. The first kappa shape index (κ1) is 22.5. The predicted octanol–water partition coefficient (Wildman–Crippen LogP) is 3.08. The predicted molar refractivity (Wildman–Crippen MR) is 128 cm³/mol. The zero-order valence-electron chi connectivity index (χ0n) is 20.6. The first-order valence-electron chi connectivity index (χ1n) is 12.1. The van der Waals surface area contributed by atoms with Crippen LogP contribution in [0.1, 0.15) is 54.4 Å². The molecule has 2 unspecified atom stereocenters. The third-order valence-corrected chi connectivity index (χ3v) is 7.61. The molecule has 5 rings (SSSR count). The maximum atomic E-state index is 12.7. The summed E-state index contributed by atoms with van der Waals surface area (Å²) in [6.45, 7) is 14.4. The average Bonchev–Trinajstić information content (AvgIpc) is 3.35. The van der Waals surface area contributed by atoms with Crippen LogP contribution in [0.25, 0.3) is 5.52 Å². The molecule has 1 amide bonds. The maximum absolute atomic E-state index is 12.7. The van der Waals surface area contributed by atoms with E-state index in [2.05, 4.69) is 63.7 Å². The molecule has 3 aliphatic heterocycles. The van der Waals surface area contributed by atoms with Gasteiger partial charge in [0, 0.05) is 30.9 Å². The smallest absolute Gasteiger partial charge is 0.449 e. The van der Waals surface area contributed by atoms with Crippen LogP contribution in [0.2, 0.25) is 0 Å². The van der Waals surface area contributed by atoms with Gasteiger partial charge in [0.2, 0.25) is 0 Å². The number of piperazine rings is 1. The quantitative estimate of drug-likeness (QED) is 0.662. The highest BCUT2D eigenvalue weighted by atomic mass is 16.7. The molecule has 2 aromatic heterocycles. The van der Waals surface area contributed by atoms with Gasteiger partial charge >= 0.3 is 13.2 Å². The van der Waals surface area contributed by atoms with E-state index < -0.39 is 7.12 Å². The summed E-state index contributed by atoms with van der Waals surface area (Å²) < 4.78 is 20.0. The van der Waals surface area contributed by atoms with Gasteiger partial charge in [-0.1, -0.05) is 13.8 Å². The summed E-state index contributed by atoms with van der Waals surface area (Å²) in [5.41, 5.74) is 2.34. The van der Waals surface area contributed by atoms with E-state index in [-0.39, 0.29) is 29.4 Å². The van der Waals surface area contributed by atoms with E-state index in [1.54, 1.807) is 0 Å². The molecular formula is C24H35BN4O4. The first-order valence-corrected chi connectivity index (χ1v) is 12.1. The van der Waals surface area contributed by atoms with E-state index in [0.717, 1.165) is 42.6 Å². The molecule has 3 aliphatic rings. The van der Waals surface area contributed by atoms with E-state index in [9.17, 15) is 4.79 Å². The fraction of sp³-hybridized carbons (Fsp3) is 0.667. The number of carbonyl (C=O) groups excluding carboxylic acids is 1. The summed E-state index contributed by atoms with van der Waals surface area (Å²) in [6.07, 6.45) is 5.69. The van der Waals surface area contributed by atoms with Crippen LogP contribution in [0, 0.1) is 5.92 Å². The van der Waals surface area contributed by atoms with Crippen LogP contribution in [-0.4, -0.2) is 70.7 Å². The number of carbonyl (C=O) groups is 1. The van der Waals surface area contributed by atoms with Gasteiger partial charge in [0.1, 0.15) is 0 Å². The summed E-state index contributed by atoms with van der Waals surface area (Å²) in [5.74, 6) is 0.338. The highest BCUT2D eigenvalue weighted by Gasteiger charge is 2.52. The van der Waals surface area contributed by atoms with Crippen LogP contribution in [0.4, 0.5) is 10.5 Å². The van der Waals surface area contributed by atoms with Gasteiger partial charge in [-0.15, -0.1) is 0 Å². The minimum Gasteiger partial charge on any atom is -0.449 e. The van der Waals surface area contributed by atoms with E-state index >= 15 is 0 Å². The number of fused-ring (bicyclic) bond motifs is 3. The van der Waals surface area contributed by atoms with Crippen LogP contribution in [0.3, 0.4) is 0 Å². The van der Waals surface area contributed by atoms with Crippen molar-refractivity contribution in [1.82, 2.24) is 14.5 Å². The highest BCUT2D eigenvalue weighted by molar-refractivity contribution is 6.62. The van der Waals surface area contributed by atoms with E-state index in [4.69, 9.17) is 14.0 Å². The summed E-state index contributed by atoms with van der Waals surface area (Å²) in [4.78, 5) is 17.1. The van der Waals surface area contributed by atoms with Gasteiger partial charge in [0.25, 0.3) is 0 Å². The van der Waals surface area contributed by atoms with Crippen LogP contribution >= 0.6 is 0 Å². The molecule has 33 heavy (non-hydrogen) atoms. The fourth-order valence-electron chi connectivity index (χ4n) is 5.11. The Labute approximate surface area is 196 Å². The molecule has 2 bridgehead atoms. The monoisotopic (exact) mass is 454 g/mol. The highest BCUT2D eigenvalue weighted by Crippen LogP contribution is 2.37. The Kier molecular flexibility index (Phi) is 5.40. The molecule has 3 saturated heterocycles. The van der Waals surface area contributed by atoms with Crippen LogP contribution in [0.15, 0.2) is 24.5 Å². The normalized spacial score (nSPS) is 26.0. The number of hydrogen-bond acceptors (Lipinski definition) is 6. The molecule has 178 valence electrons. The van der Waals surface area contributed by atoms with Crippen molar-refractivity contribution in [2.24, 2.45) is 5.92 Å². The summed E-state index contributed by atoms with van der Waals surface area (Å²) in [6, 6.07) is 4.54. The molecule has 2 atom stereocenters. The minimum atomic E-state index is -0.423. The molecule has 0 saturated carbocycles. The zero-order chi connectivity index (χ0) is 23.5. The van der Waals surface area contributed by atoms with E-state index in [1.807, 2.05) is 21.8 Å².